The minimum absolute atomic E-state index is 0.0338. The van der Waals surface area contributed by atoms with Gasteiger partial charge in [0.25, 0.3) is 5.91 Å². The average molecular weight is 315 g/mol. The van der Waals surface area contributed by atoms with Gasteiger partial charge in [0.2, 0.25) is 5.91 Å². The van der Waals surface area contributed by atoms with Gasteiger partial charge < -0.3 is 10.6 Å². The van der Waals surface area contributed by atoms with Gasteiger partial charge >= 0.3 is 0 Å². The summed E-state index contributed by atoms with van der Waals surface area (Å²) >= 11 is 0. The third kappa shape index (κ3) is 4.35. The first kappa shape index (κ1) is 16.6. The van der Waals surface area contributed by atoms with Crippen LogP contribution in [-0.2, 0) is 4.79 Å². The first-order valence-electron chi connectivity index (χ1n) is 7.24. The Hall–Kier alpha value is -2.76. The van der Waals surface area contributed by atoms with Crippen molar-refractivity contribution in [3.8, 4) is 0 Å². The van der Waals surface area contributed by atoms with Crippen molar-refractivity contribution in [2.75, 3.05) is 11.9 Å². The summed E-state index contributed by atoms with van der Waals surface area (Å²) in [6.45, 7) is 3.86. The number of aromatic nitrogens is 1. The first-order chi connectivity index (χ1) is 11.0. The molecule has 5 nitrogen and oxygen atoms in total. The van der Waals surface area contributed by atoms with Crippen molar-refractivity contribution in [3.63, 3.8) is 0 Å². The second-order valence-corrected chi connectivity index (χ2v) is 5.10. The summed E-state index contributed by atoms with van der Waals surface area (Å²) in [5, 5.41) is 5.30. The smallest absolute Gasteiger partial charge is 0.254 e. The van der Waals surface area contributed by atoms with E-state index in [0.717, 1.165) is 11.3 Å². The van der Waals surface area contributed by atoms with Gasteiger partial charge in [-0.15, -0.1) is 0 Å². The third-order valence-electron chi connectivity index (χ3n) is 3.49. The van der Waals surface area contributed by atoms with Crippen molar-refractivity contribution in [2.24, 2.45) is 0 Å². The standard InChI is InChI=1S/C17H18FN3O2/c1-11-12(2)19-9-7-15(11)21-16(22)8-10-20-17(23)13-5-3-4-6-14(13)18/h3-7,9H,8,10H2,1-2H3,(H,20,23)(H,19,21,22). The summed E-state index contributed by atoms with van der Waals surface area (Å²) in [6.07, 6.45) is 1.72. The van der Waals surface area contributed by atoms with Crippen LogP contribution in [0.15, 0.2) is 36.5 Å². The van der Waals surface area contributed by atoms with Gasteiger partial charge in [0.1, 0.15) is 5.82 Å². The van der Waals surface area contributed by atoms with E-state index < -0.39 is 11.7 Å². The molecule has 120 valence electrons. The Balaban J connectivity index is 1.84. The maximum Gasteiger partial charge on any atom is 0.254 e. The van der Waals surface area contributed by atoms with Crippen molar-refractivity contribution in [3.05, 3.63) is 59.2 Å². The minimum atomic E-state index is -0.586. The van der Waals surface area contributed by atoms with Crippen LogP contribution in [0, 0.1) is 19.7 Å². The molecule has 6 heteroatoms. The van der Waals surface area contributed by atoms with Gasteiger partial charge in [-0.1, -0.05) is 12.1 Å². The summed E-state index contributed by atoms with van der Waals surface area (Å²) in [6, 6.07) is 7.43. The van der Waals surface area contributed by atoms with Gasteiger partial charge in [-0.3, -0.25) is 14.6 Å². The molecule has 0 bridgehead atoms. The maximum absolute atomic E-state index is 13.4. The number of pyridine rings is 1. The number of hydrogen-bond acceptors (Lipinski definition) is 3. The van der Waals surface area contributed by atoms with Gasteiger partial charge in [0, 0.05) is 30.5 Å². The van der Waals surface area contributed by atoms with Gasteiger partial charge in [0.15, 0.2) is 0 Å². The quantitative estimate of drug-likeness (QED) is 0.891. The van der Waals surface area contributed by atoms with E-state index in [1.165, 1.54) is 18.2 Å². The summed E-state index contributed by atoms with van der Waals surface area (Å²) in [4.78, 5) is 27.8. The van der Waals surface area contributed by atoms with Crippen molar-refractivity contribution < 1.29 is 14.0 Å². The molecule has 23 heavy (non-hydrogen) atoms. The lowest BCUT2D eigenvalue weighted by molar-refractivity contribution is -0.116. The molecule has 0 atom stereocenters. The van der Waals surface area contributed by atoms with Crippen molar-refractivity contribution >= 4 is 17.5 Å². The summed E-state index contributed by atoms with van der Waals surface area (Å²) in [5.41, 5.74) is 2.41. The molecule has 0 radical (unpaired) electrons. The Morgan fingerprint density at radius 1 is 1.17 bits per heavy atom. The highest BCUT2D eigenvalue weighted by Gasteiger charge is 2.11. The fraction of sp³-hybridized carbons (Fsp3) is 0.235. The van der Waals surface area contributed by atoms with Crippen LogP contribution in [0.5, 0.6) is 0 Å². The zero-order valence-corrected chi connectivity index (χ0v) is 13.0. The Bertz CT molecular complexity index is 732. The van der Waals surface area contributed by atoms with Gasteiger partial charge in [-0.25, -0.2) is 4.39 Å². The van der Waals surface area contributed by atoms with Crippen LogP contribution in [0.3, 0.4) is 0 Å². The third-order valence-corrected chi connectivity index (χ3v) is 3.49. The number of amides is 2. The van der Waals surface area contributed by atoms with Gasteiger partial charge in [-0.2, -0.15) is 0 Å². The number of nitrogens with one attached hydrogen (secondary N) is 2. The van der Waals surface area contributed by atoms with E-state index in [2.05, 4.69) is 15.6 Å². The van der Waals surface area contributed by atoms with Crippen LogP contribution >= 0.6 is 0 Å². The number of rotatable bonds is 5. The number of nitrogens with zero attached hydrogens (tertiary/aromatic N) is 1. The topological polar surface area (TPSA) is 71.1 Å². The van der Waals surface area contributed by atoms with Crippen molar-refractivity contribution in [1.29, 1.82) is 0 Å². The van der Waals surface area contributed by atoms with E-state index in [9.17, 15) is 14.0 Å². The van der Waals surface area contributed by atoms with Crippen LogP contribution in [0.2, 0.25) is 0 Å². The zero-order valence-electron chi connectivity index (χ0n) is 13.0. The second-order valence-electron chi connectivity index (χ2n) is 5.10. The van der Waals surface area contributed by atoms with E-state index >= 15 is 0 Å². The Labute approximate surface area is 133 Å². The number of hydrogen-bond donors (Lipinski definition) is 2. The lowest BCUT2D eigenvalue weighted by atomic mass is 10.2. The van der Waals surface area contributed by atoms with E-state index in [1.807, 2.05) is 13.8 Å². The van der Waals surface area contributed by atoms with Crippen molar-refractivity contribution in [2.45, 2.75) is 20.3 Å². The summed E-state index contributed by atoms with van der Waals surface area (Å²) in [7, 11) is 0. The molecule has 0 spiro atoms. The lowest BCUT2D eigenvalue weighted by Crippen LogP contribution is -2.28. The van der Waals surface area contributed by atoms with Crippen molar-refractivity contribution in [1.82, 2.24) is 10.3 Å². The highest BCUT2D eigenvalue weighted by atomic mass is 19.1. The minimum Gasteiger partial charge on any atom is -0.351 e. The SMILES string of the molecule is Cc1nccc(NC(=O)CCNC(=O)c2ccccc2F)c1C. The van der Waals surface area contributed by atoms with Crippen LogP contribution < -0.4 is 10.6 Å². The van der Waals surface area contributed by atoms with E-state index in [4.69, 9.17) is 0 Å². The van der Waals surface area contributed by atoms with E-state index in [1.54, 1.807) is 18.3 Å². The molecule has 1 aromatic carbocycles. The summed E-state index contributed by atoms with van der Waals surface area (Å²) in [5.74, 6) is -1.35. The summed E-state index contributed by atoms with van der Waals surface area (Å²) < 4.78 is 13.4. The molecule has 2 N–H and O–H groups in total. The molecule has 2 amide bonds. The largest absolute Gasteiger partial charge is 0.351 e. The average Bonchev–Trinajstić information content (AvgIpc) is 2.52. The zero-order chi connectivity index (χ0) is 16.8. The van der Waals surface area contributed by atoms with Crippen LogP contribution in [0.25, 0.3) is 0 Å². The number of carbonyl (C=O) groups is 2. The molecule has 0 unspecified atom stereocenters. The maximum atomic E-state index is 13.4. The number of benzene rings is 1. The fourth-order valence-electron chi connectivity index (χ4n) is 2.02. The number of aryl methyl sites for hydroxylation is 1. The van der Waals surface area contributed by atoms with E-state index in [0.29, 0.717) is 5.69 Å². The molecule has 0 aliphatic heterocycles. The molecule has 0 fully saturated rings. The van der Waals surface area contributed by atoms with Crippen LogP contribution in [-0.4, -0.2) is 23.3 Å². The van der Waals surface area contributed by atoms with Crippen LogP contribution in [0.1, 0.15) is 28.0 Å². The Morgan fingerprint density at radius 3 is 2.65 bits per heavy atom. The molecule has 1 aromatic heterocycles. The monoisotopic (exact) mass is 315 g/mol. The predicted octanol–water partition coefficient (Wildman–Crippen LogP) is 2.60. The predicted molar refractivity (Wildman–Crippen MR) is 85.7 cm³/mol. The molecule has 0 aliphatic carbocycles. The number of halogens is 1. The molecule has 0 saturated heterocycles. The van der Waals surface area contributed by atoms with Crippen LogP contribution in [0.4, 0.5) is 10.1 Å². The highest BCUT2D eigenvalue weighted by molar-refractivity contribution is 5.95. The molecule has 2 rings (SSSR count). The molecular weight excluding hydrogens is 297 g/mol. The number of carbonyl (C=O) groups excluding carboxylic acids is 2. The molecule has 2 aromatic rings. The molecule has 1 heterocycles. The first-order valence-corrected chi connectivity index (χ1v) is 7.24. The molecular formula is C17H18FN3O2. The second kappa shape index (κ2) is 7.49. The normalized spacial score (nSPS) is 10.2. The highest BCUT2D eigenvalue weighted by Crippen LogP contribution is 2.15. The van der Waals surface area contributed by atoms with E-state index in [-0.39, 0.29) is 24.4 Å². The fourth-order valence-corrected chi connectivity index (χ4v) is 2.02. The Kier molecular flexibility index (Phi) is 5.41. The lowest BCUT2D eigenvalue weighted by Gasteiger charge is -2.10. The van der Waals surface area contributed by atoms with Gasteiger partial charge in [-0.05, 0) is 37.6 Å². The molecule has 0 saturated carbocycles. The Morgan fingerprint density at radius 2 is 1.91 bits per heavy atom. The van der Waals surface area contributed by atoms with Gasteiger partial charge in [0.05, 0.1) is 5.56 Å². The molecule has 0 aliphatic rings. The number of anilines is 1.